The van der Waals surface area contributed by atoms with Crippen LogP contribution in [0.2, 0.25) is 0 Å². The van der Waals surface area contributed by atoms with E-state index in [1.54, 1.807) is 30.3 Å². The molecule has 2 unspecified atom stereocenters. The predicted octanol–water partition coefficient (Wildman–Crippen LogP) is 2.32. The Hall–Kier alpha value is -3.13. The number of ether oxygens (including phenoxy) is 2. The van der Waals surface area contributed by atoms with Gasteiger partial charge in [-0.3, -0.25) is 4.79 Å². The number of esters is 2. The number of hydrogen-bond acceptors (Lipinski definition) is 6. The molecule has 2 N–H and O–H groups in total. The molecule has 1 aliphatic heterocycles. The Morgan fingerprint density at radius 2 is 1.96 bits per heavy atom. The molecule has 0 bridgehead atoms. The van der Waals surface area contributed by atoms with Crippen LogP contribution in [0.1, 0.15) is 22.2 Å². The summed E-state index contributed by atoms with van der Waals surface area (Å²) in [6.45, 7) is 3.86. The Balaban J connectivity index is 1.79. The van der Waals surface area contributed by atoms with Crippen LogP contribution in [0.5, 0.6) is 5.75 Å². The molecule has 1 aliphatic rings. The quantitative estimate of drug-likeness (QED) is 0.480. The number of benzene rings is 1. The van der Waals surface area contributed by atoms with Crippen molar-refractivity contribution >= 4 is 29.3 Å². The molecule has 1 fully saturated rings. The normalized spacial score (nSPS) is 19.3. The van der Waals surface area contributed by atoms with E-state index in [4.69, 9.17) is 26.1 Å². The summed E-state index contributed by atoms with van der Waals surface area (Å²) in [4.78, 5) is 24.0. The minimum absolute atomic E-state index is 0.113. The molecule has 3 rings (SSSR count). The Kier molecular flexibility index (Phi) is 5.04. The maximum Gasteiger partial charge on any atom is 0.379 e. The average molecular weight is 372 g/mol. The van der Waals surface area contributed by atoms with Crippen LogP contribution in [0.4, 0.5) is 0 Å². The molecule has 0 saturated carbocycles. The zero-order chi connectivity index (χ0) is 18.7. The van der Waals surface area contributed by atoms with Crippen molar-refractivity contribution in [1.82, 2.24) is 10.6 Å². The smallest absolute Gasteiger partial charge is 0.379 e. The van der Waals surface area contributed by atoms with E-state index in [9.17, 15) is 9.59 Å². The van der Waals surface area contributed by atoms with Crippen molar-refractivity contribution in [2.24, 2.45) is 5.92 Å². The fraction of sp³-hybridized carbons (Fsp3) is 0.167. The van der Waals surface area contributed by atoms with E-state index in [1.165, 1.54) is 19.4 Å². The summed E-state index contributed by atoms with van der Waals surface area (Å²) in [5, 5.41) is 6.26. The highest BCUT2D eigenvalue weighted by molar-refractivity contribution is 7.80. The molecule has 134 valence electrons. The van der Waals surface area contributed by atoms with E-state index >= 15 is 0 Å². The molecule has 2 atom stereocenters. The highest BCUT2D eigenvalue weighted by Crippen LogP contribution is 2.31. The van der Waals surface area contributed by atoms with Gasteiger partial charge in [0.25, 0.3) is 0 Å². The third-order valence-electron chi connectivity index (χ3n) is 3.90. The average Bonchev–Trinajstić information content (AvgIpc) is 3.16. The Morgan fingerprint density at radius 3 is 2.58 bits per heavy atom. The predicted molar refractivity (Wildman–Crippen MR) is 96.4 cm³/mol. The third kappa shape index (κ3) is 3.60. The van der Waals surface area contributed by atoms with Gasteiger partial charge in [0, 0.05) is 5.70 Å². The van der Waals surface area contributed by atoms with E-state index in [-0.39, 0.29) is 5.76 Å². The maximum absolute atomic E-state index is 12.1. The second-order valence-electron chi connectivity index (χ2n) is 5.54. The van der Waals surface area contributed by atoms with Crippen LogP contribution in [0.25, 0.3) is 0 Å². The fourth-order valence-electron chi connectivity index (χ4n) is 2.66. The van der Waals surface area contributed by atoms with Crippen molar-refractivity contribution < 1.29 is 23.5 Å². The van der Waals surface area contributed by atoms with E-state index in [1.807, 2.05) is 0 Å². The van der Waals surface area contributed by atoms with Crippen LogP contribution < -0.4 is 15.4 Å². The highest BCUT2D eigenvalue weighted by atomic mass is 32.1. The molecule has 1 aromatic heterocycles. The summed E-state index contributed by atoms with van der Waals surface area (Å²) < 4.78 is 15.1. The molecular formula is C18H16N2O5S. The minimum Gasteiger partial charge on any atom is -0.468 e. The lowest BCUT2D eigenvalue weighted by atomic mass is 9.89. The molecule has 0 radical (unpaired) electrons. The molecule has 0 amide bonds. The highest BCUT2D eigenvalue weighted by Gasteiger charge is 2.37. The van der Waals surface area contributed by atoms with Crippen LogP contribution in [-0.2, 0) is 9.53 Å². The van der Waals surface area contributed by atoms with E-state index < -0.39 is 23.9 Å². The number of furan rings is 1. The van der Waals surface area contributed by atoms with Gasteiger partial charge in [0.15, 0.2) is 5.11 Å². The van der Waals surface area contributed by atoms with Crippen LogP contribution in [0.15, 0.2) is 59.4 Å². The molecule has 8 heteroatoms. The first-order valence-electron chi connectivity index (χ1n) is 7.69. The minimum atomic E-state index is -0.650. The largest absolute Gasteiger partial charge is 0.468 e. The van der Waals surface area contributed by atoms with Gasteiger partial charge in [-0.1, -0.05) is 18.7 Å². The molecule has 0 aliphatic carbocycles. The third-order valence-corrected chi connectivity index (χ3v) is 4.12. The summed E-state index contributed by atoms with van der Waals surface area (Å²) in [5.41, 5.74) is 1.22. The van der Waals surface area contributed by atoms with Crippen LogP contribution >= 0.6 is 12.2 Å². The lowest BCUT2D eigenvalue weighted by Crippen LogP contribution is -2.50. The Morgan fingerprint density at radius 1 is 1.23 bits per heavy atom. The van der Waals surface area contributed by atoms with Crippen LogP contribution in [0, 0.1) is 5.92 Å². The zero-order valence-corrected chi connectivity index (χ0v) is 14.7. The molecule has 7 nitrogen and oxygen atoms in total. The number of hydrogen-bond donors (Lipinski definition) is 2. The Labute approximate surface area is 155 Å². The summed E-state index contributed by atoms with van der Waals surface area (Å²) in [6, 6.07) is 9.40. The maximum atomic E-state index is 12.1. The second-order valence-corrected chi connectivity index (χ2v) is 5.95. The lowest BCUT2D eigenvalue weighted by molar-refractivity contribution is -0.145. The number of methoxy groups -OCH3 is 1. The molecular weight excluding hydrogens is 356 g/mol. The van der Waals surface area contributed by atoms with E-state index in [0.29, 0.717) is 16.6 Å². The summed E-state index contributed by atoms with van der Waals surface area (Å²) in [5.74, 6) is -1.22. The zero-order valence-electron chi connectivity index (χ0n) is 13.9. The van der Waals surface area contributed by atoms with Gasteiger partial charge in [-0.25, -0.2) is 4.79 Å². The standard InChI is InChI=1S/C18H16N2O5S/c1-10-14(17(22)23-2)15(20-18(26)19-10)11-5-7-12(8-6-11)25-16(21)13-4-3-9-24-13/h3-9,14-15H,1H2,2H3,(H2,19,20,26). The van der Waals surface area contributed by atoms with Crippen molar-refractivity contribution in [1.29, 1.82) is 0 Å². The molecule has 26 heavy (non-hydrogen) atoms. The SMILES string of the molecule is C=C1NC(=S)NC(c2ccc(OC(=O)c3ccco3)cc2)C1C(=O)OC. The van der Waals surface area contributed by atoms with Gasteiger partial charge in [0.05, 0.1) is 19.4 Å². The van der Waals surface area contributed by atoms with E-state index in [0.717, 1.165) is 5.56 Å². The number of carbonyl (C=O) groups is 2. The van der Waals surface area contributed by atoms with Gasteiger partial charge in [0.1, 0.15) is 11.7 Å². The van der Waals surface area contributed by atoms with Crippen molar-refractivity contribution in [3.63, 3.8) is 0 Å². The van der Waals surface area contributed by atoms with Crippen LogP contribution in [-0.4, -0.2) is 24.2 Å². The van der Waals surface area contributed by atoms with E-state index in [2.05, 4.69) is 17.2 Å². The van der Waals surface area contributed by atoms with Gasteiger partial charge in [-0.15, -0.1) is 0 Å². The number of nitrogens with one attached hydrogen (secondary N) is 2. The first kappa shape index (κ1) is 17.7. The number of thiocarbonyl (C=S) groups is 1. The molecule has 0 spiro atoms. The summed E-state index contributed by atoms with van der Waals surface area (Å²) in [7, 11) is 1.32. The number of carbonyl (C=O) groups excluding carboxylic acids is 2. The second kappa shape index (κ2) is 7.40. The lowest BCUT2D eigenvalue weighted by Gasteiger charge is -2.34. The van der Waals surface area contributed by atoms with Gasteiger partial charge in [-0.2, -0.15) is 0 Å². The fourth-order valence-corrected chi connectivity index (χ4v) is 2.92. The first-order valence-corrected chi connectivity index (χ1v) is 8.10. The topological polar surface area (TPSA) is 89.8 Å². The van der Waals surface area contributed by atoms with Gasteiger partial charge in [0.2, 0.25) is 5.76 Å². The molecule has 2 aromatic rings. The van der Waals surface area contributed by atoms with Crippen LogP contribution in [0.3, 0.4) is 0 Å². The monoisotopic (exact) mass is 372 g/mol. The Bertz CT molecular complexity index is 845. The molecule has 2 heterocycles. The van der Waals surface area contributed by atoms with Gasteiger partial charge >= 0.3 is 11.9 Å². The summed E-state index contributed by atoms with van der Waals surface area (Å²) in [6.07, 6.45) is 1.39. The van der Waals surface area contributed by atoms with Crippen molar-refractivity contribution in [2.75, 3.05) is 7.11 Å². The number of rotatable bonds is 4. The first-order chi connectivity index (χ1) is 12.5. The summed E-state index contributed by atoms with van der Waals surface area (Å²) >= 11 is 5.15. The van der Waals surface area contributed by atoms with Crippen molar-refractivity contribution in [3.05, 3.63) is 66.3 Å². The molecule has 1 saturated heterocycles. The molecule has 1 aromatic carbocycles. The van der Waals surface area contributed by atoms with Crippen molar-refractivity contribution in [2.45, 2.75) is 6.04 Å². The van der Waals surface area contributed by atoms with Gasteiger partial charge in [-0.05, 0) is 42.0 Å². The van der Waals surface area contributed by atoms with Gasteiger partial charge < -0.3 is 24.5 Å². The van der Waals surface area contributed by atoms with Crippen molar-refractivity contribution in [3.8, 4) is 5.75 Å².